The summed E-state index contributed by atoms with van der Waals surface area (Å²) in [5.74, 6) is -2.63. The highest BCUT2D eigenvalue weighted by molar-refractivity contribution is 5.87. The van der Waals surface area contributed by atoms with Crippen molar-refractivity contribution in [2.45, 2.75) is 6.92 Å². The van der Waals surface area contributed by atoms with Crippen molar-refractivity contribution in [3.05, 3.63) is 70.9 Å². The molecular weight excluding hydrogens is 328 g/mol. The maximum absolute atomic E-state index is 14.3. The summed E-state index contributed by atoms with van der Waals surface area (Å²) in [7, 11) is 0. The van der Waals surface area contributed by atoms with Crippen molar-refractivity contribution < 1.29 is 18.7 Å². The van der Waals surface area contributed by atoms with Crippen LogP contribution in [0.1, 0.15) is 21.6 Å². The molecule has 0 atom stereocenters. The standard InChI is InChI=1S/C18H11F2N3O2/c1-10-2-5-16(14(20)6-10)23-17(8-15(22-23)18(24)25)11-3-4-12(9-21)13(19)7-11/h2-8H,1H3,(H,24,25). The van der Waals surface area contributed by atoms with E-state index in [4.69, 9.17) is 5.26 Å². The van der Waals surface area contributed by atoms with Gasteiger partial charge in [-0.25, -0.2) is 18.3 Å². The predicted octanol–water partition coefficient (Wildman–Crippen LogP) is 3.70. The van der Waals surface area contributed by atoms with Gasteiger partial charge in [-0.15, -0.1) is 0 Å². The minimum Gasteiger partial charge on any atom is -0.476 e. The zero-order valence-corrected chi connectivity index (χ0v) is 13.0. The topological polar surface area (TPSA) is 78.9 Å². The highest BCUT2D eigenvalue weighted by Crippen LogP contribution is 2.27. The van der Waals surface area contributed by atoms with Crippen LogP contribution >= 0.6 is 0 Å². The first-order valence-electron chi connectivity index (χ1n) is 7.20. The van der Waals surface area contributed by atoms with Gasteiger partial charge in [0.2, 0.25) is 0 Å². The molecule has 0 spiro atoms. The van der Waals surface area contributed by atoms with Gasteiger partial charge in [-0.3, -0.25) is 0 Å². The van der Waals surface area contributed by atoms with Crippen molar-refractivity contribution in [1.29, 1.82) is 5.26 Å². The highest BCUT2D eigenvalue weighted by Gasteiger charge is 2.19. The fourth-order valence-electron chi connectivity index (χ4n) is 2.42. The third-order valence-corrected chi connectivity index (χ3v) is 3.65. The van der Waals surface area contributed by atoms with Crippen LogP contribution in [0.3, 0.4) is 0 Å². The summed E-state index contributed by atoms with van der Waals surface area (Å²) in [6, 6.07) is 11.2. The lowest BCUT2D eigenvalue weighted by Crippen LogP contribution is -2.04. The molecule has 1 heterocycles. The summed E-state index contributed by atoms with van der Waals surface area (Å²) >= 11 is 0. The van der Waals surface area contributed by atoms with Gasteiger partial charge in [-0.2, -0.15) is 10.4 Å². The van der Waals surface area contributed by atoms with Crippen LogP contribution in [0.4, 0.5) is 8.78 Å². The molecule has 1 N–H and O–H groups in total. The van der Waals surface area contributed by atoms with Gasteiger partial charge in [0.25, 0.3) is 0 Å². The molecule has 0 aliphatic carbocycles. The van der Waals surface area contributed by atoms with Gasteiger partial charge in [0.15, 0.2) is 5.69 Å². The molecule has 2 aromatic carbocycles. The SMILES string of the molecule is Cc1ccc(-n2nc(C(=O)O)cc2-c2ccc(C#N)c(F)c2)c(F)c1. The lowest BCUT2D eigenvalue weighted by Gasteiger charge is -2.09. The van der Waals surface area contributed by atoms with E-state index in [-0.39, 0.29) is 28.2 Å². The molecule has 0 aliphatic rings. The Hall–Kier alpha value is -3.53. The van der Waals surface area contributed by atoms with Crippen LogP contribution in [0.5, 0.6) is 0 Å². The van der Waals surface area contributed by atoms with Crippen LogP contribution in [0.2, 0.25) is 0 Å². The quantitative estimate of drug-likeness (QED) is 0.789. The molecular formula is C18H11F2N3O2. The van der Waals surface area contributed by atoms with Gasteiger partial charge >= 0.3 is 5.97 Å². The summed E-state index contributed by atoms with van der Waals surface area (Å²) in [5, 5.41) is 21.9. The smallest absolute Gasteiger partial charge is 0.356 e. The maximum Gasteiger partial charge on any atom is 0.356 e. The average Bonchev–Trinajstić information content (AvgIpc) is 3.00. The molecule has 5 nitrogen and oxygen atoms in total. The van der Waals surface area contributed by atoms with Crippen LogP contribution in [-0.2, 0) is 0 Å². The Morgan fingerprint density at radius 3 is 2.52 bits per heavy atom. The van der Waals surface area contributed by atoms with E-state index in [1.54, 1.807) is 19.1 Å². The molecule has 25 heavy (non-hydrogen) atoms. The molecule has 0 radical (unpaired) electrons. The number of hydrogen-bond acceptors (Lipinski definition) is 3. The van der Waals surface area contributed by atoms with E-state index >= 15 is 0 Å². The minimum absolute atomic E-state index is 0.0397. The number of rotatable bonds is 3. The van der Waals surface area contributed by atoms with Crippen LogP contribution in [-0.4, -0.2) is 20.9 Å². The minimum atomic E-state index is -1.29. The lowest BCUT2D eigenvalue weighted by molar-refractivity contribution is 0.0690. The van der Waals surface area contributed by atoms with E-state index in [1.807, 2.05) is 0 Å². The van der Waals surface area contributed by atoms with Crippen molar-refractivity contribution in [2.24, 2.45) is 0 Å². The Kier molecular flexibility index (Phi) is 4.03. The summed E-state index contributed by atoms with van der Waals surface area (Å²) < 4.78 is 29.4. The number of hydrogen-bond donors (Lipinski definition) is 1. The van der Waals surface area contributed by atoms with Crippen LogP contribution in [0.25, 0.3) is 16.9 Å². The lowest BCUT2D eigenvalue weighted by atomic mass is 10.1. The first kappa shape index (κ1) is 16.3. The number of aromatic carboxylic acids is 1. The number of aromatic nitrogens is 2. The fourth-order valence-corrected chi connectivity index (χ4v) is 2.42. The molecule has 0 saturated carbocycles. The van der Waals surface area contributed by atoms with Gasteiger partial charge < -0.3 is 5.11 Å². The van der Waals surface area contributed by atoms with E-state index in [2.05, 4.69) is 5.10 Å². The number of nitriles is 1. The third-order valence-electron chi connectivity index (χ3n) is 3.65. The summed E-state index contributed by atoms with van der Waals surface area (Å²) in [6.07, 6.45) is 0. The van der Waals surface area contributed by atoms with Gasteiger partial charge in [-0.1, -0.05) is 12.1 Å². The van der Waals surface area contributed by atoms with Crippen molar-refractivity contribution in [2.75, 3.05) is 0 Å². The molecule has 0 fully saturated rings. The van der Waals surface area contributed by atoms with Crippen molar-refractivity contribution in [1.82, 2.24) is 9.78 Å². The normalized spacial score (nSPS) is 10.5. The van der Waals surface area contributed by atoms with Crippen molar-refractivity contribution in [3.8, 4) is 23.0 Å². The number of halogens is 2. The molecule has 0 aliphatic heterocycles. The third kappa shape index (κ3) is 2.97. The molecule has 1 aromatic heterocycles. The van der Waals surface area contributed by atoms with Crippen LogP contribution in [0.15, 0.2) is 42.5 Å². The number of aryl methyl sites for hydroxylation is 1. The Morgan fingerprint density at radius 2 is 1.92 bits per heavy atom. The second kappa shape index (κ2) is 6.17. The number of benzene rings is 2. The highest BCUT2D eigenvalue weighted by atomic mass is 19.1. The largest absolute Gasteiger partial charge is 0.476 e. The number of nitrogens with zero attached hydrogens (tertiary/aromatic N) is 3. The number of carboxylic acid groups (broad SMARTS) is 1. The van der Waals surface area contributed by atoms with Crippen molar-refractivity contribution >= 4 is 5.97 Å². The summed E-state index contributed by atoms with van der Waals surface area (Å²) in [5.41, 5.74) is 0.755. The first-order valence-corrected chi connectivity index (χ1v) is 7.20. The van der Waals surface area contributed by atoms with Gasteiger partial charge in [-0.05, 0) is 42.8 Å². The Labute approximate surface area is 141 Å². The predicted molar refractivity (Wildman–Crippen MR) is 85.3 cm³/mol. The Bertz CT molecular complexity index is 1040. The molecule has 124 valence electrons. The summed E-state index contributed by atoms with van der Waals surface area (Å²) in [4.78, 5) is 11.2. The molecule has 7 heteroatoms. The summed E-state index contributed by atoms with van der Waals surface area (Å²) in [6.45, 7) is 1.72. The average molecular weight is 339 g/mol. The van der Waals surface area contributed by atoms with Gasteiger partial charge in [0, 0.05) is 5.56 Å². The molecule has 0 unspecified atom stereocenters. The number of carbonyl (C=O) groups is 1. The molecule has 0 bridgehead atoms. The molecule has 0 saturated heterocycles. The van der Waals surface area contributed by atoms with E-state index in [0.717, 1.165) is 10.7 Å². The second-order valence-corrected chi connectivity index (χ2v) is 5.39. The molecule has 3 aromatic rings. The zero-order valence-electron chi connectivity index (χ0n) is 13.0. The van der Waals surface area contributed by atoms with Crippen molar-refractivity contribution in [3.63, 3.8) is 0 Å². The van der Waals surface area contributed by atoms with E-state index in [1.165, 1.54) is 30.3 Å². The maximum atomic E-state index is 14.3. The van der Waals surface area contributed by atoms with E-state index in [0.29, 0.717) is 5.56 Å². The van der Waals surface area contributed by atoms with Crippen LogP contribution in [0, 0.1) is 29.9 Å². The van der Waals surface area contributed by atoms with Gasteiger partial charge in [0.05, 0.1) is 11.3 Å². The Morgan fingerprint density at radius 1 is 1.16 bits per heavy atom. The zero-order chi connectivity index (χ0) is 18.1. The van der Waals surface area contributed by atoms with E-state index < -0.39 is 17.6 Å². The van der Waals surface area contributed by atoms with Crippen LogP contribution < -0.4 is 0 Å². The molecule has 3 rings (SSSR count). The first-order chi connectivity index (χ1) is 11.9. The Balaban J connectivity index is 2.24. The second-order valence-electron chi connectivity index (χ2n) is 5.39. The fraction of sp³-hybridized carbons (Fsp3) is 0.0556. The van der Waals surface area contributed by atoms with Gasteiger partial charge in [0.1, 0.15) is 23.4 Å². The molecule has 0 amide bonds. The monoisotopic (exact) mass is 339 g/mol. The number of carboxylic acids is 1. The van der Waals surface area contributed by atoms with E-state index in [9.17, 15) is 18.7 Å².